The van der Waals surface area contributed by atoms with Gasteiger partial charge in [0.25, 0.3) is 0 Å². The fourth-order valence-electron chi connectivity index (χ4n) is 1.67. The van der Waals surface area contributed by atoms with E-state index in [1.165, 1.54) is 11.1 Å². The average Bonchev–Trinajstić information content (AvgIpc) is 2.38. The van der Waals surface area contributed by atoms with Crippen LogP contribution in [-0.4, -0.2) is 18.5 Å². The fraction of sp³-hybridized carbons (Fsp3) is 0.533. The van der Waals surface area contributed by atoms with Crippen molar-refractivity contribution in [1.82, 2.24) is 5.32 Å². The quantitative estimate of drug-likeness (QED) is 0.842. The third-order valence-corrected chi connectivity index (χ3v) is 3.35. The van der Waals surface area contributed by atoms with Gasteiger partial charge in [-0.05, 0) is 30.9 Å². The Morgan fingerprint density at radius 1 is 1.21 bits per heavy atom. The summed E-state index contributed by atoms with van der Waals surface area (Å²) in [5.74, 6) is -0.0948. The minimum Gasteiger partial charge on any atom is -0.355 e. The van der Waals surface area contributed by atoms with Crippen molar-refractivity contribution >= 4 is 18.3 Å². The number of carbonyl (C=O) groups excluding carboxylic acids is 1. The van der Waals surface area contributed by atoms with E-state index in [4.69, 9.17) is 5.73 Å². The van der Waals surface area contributed by atoms with Crippen LogP contribution in [0.5, 0.6) is 0 Å². The molecule has 1 aromatic rings. The van der Waals surface area contributed by atoms with Crippen molar-refractivity contribution < 1.29 is 4.79 Å². The lowest BCUT2D eigenvalue weighted by molar-refractivity contribution is -0.124. The molecule has 0 aliphatic carbocycles. The lowest BCUT2D eigenvalue weighted by Gasteiger charge is -2.15. The normalized spacial score (nSPS) is 13.3. The molecule has 2 unspecified atom stereocenters. The highest BCUT2D eigenvalue weighted by molar-refractivity contribution is 5.85. The lowest BCUT2D eigenvalue weighted by atomic mass is 10.0. The molecule has 0 heterocycles. The van der Waals surface area contributed by atoms with Crippen LogP contribution in [-0.2, 0) is 17.6 Å². The van der Waals surface area contributed by atoms with Crippen LogP contribution in [0.3, 0.4) is 0 Å². The minimum absolute atomic E-state index is 0. The van der Waals surface area contributed by atoms with E-state index in [0.717, 1.165) is 12.8 Å². The number of benzene rings is 1. The molecule has 0 saturated carbocycles. The zero-order valence-corrected chi connectivity index (χ0v) is 12.8. The van der Waals surface area contributed by atoms with Crippen molar-refractivity contribution in [3.8, 4) is 0 Å². The first-order valence-corrected chi connectivity index (χ1v) is 6.65. The van der Waals surface area contributed by atoms with E-state index in [0.29, 0.717) is 6.54 Å². The van der Waals surface area contributed by atoms with Gasteiger partial charge in [0.2, 0.25) is 5.91 Å². The SMILES string of the molecule is CCc1ccc(CCNC(=O)C(C)C(C)N)cc1.Cl. The molecule has 0 aliphatic heterocycles. The Morgan fingerprint density at radius 3 is 2.21 bits per heavy atom. The van der Waals surface area contributed by atoms with Crippen LogP contribution in [0, 0.1) is 5.92 Å². The van der Waals surface area contributed by atoms with Gasteiger partial charge in [0, 0.05) is 18.5 Å². The topological polar surface area (TPSA) is 55.1 Å². The summed E-state index contributed by atoms with van der Waals surface area (Å²) in [5, 5.41) is 2.92. The maximum absolute atomic E-state index is 11.7. The third-order valence-electron chi connectivity index (χ3n) is 3.35. The first kappa shape index (κ1) is 17.9. The Hall–Kier alpha value is -1.06. The Balaban J connectivity index is 0.00000324. The highest BCUT2D eigenvalue weighted by Crippen LogP contribution is 2.05. The number of rotatable bonds is 6. The number of nitrogens with two attached hydrogens (primary N) is 1. The van der Waals surface area contributed by atoms with Gasteiger partial charge in [0.05, 0.1) is 0 Å². The first-order chi connectivity index (χ1) is 8.54. The van der Waals surface area contributed by atoms with E-state index in [1.807, 2.05) is 13.8 Å². The highest BCUT2D eigenvalue weighted by atomic mass is 35.5. The minimum atomic E-state index is -0.132. The highest BCUT2D eigenvalue weighted by Gasteiger charge is 2.15. The van der Waals surface area contributed by atoms with Crippen LogP contribution in [0.25, 0.3) is 0 Å². The molecule has 0 radical (unpaired) electrons. The van der Waals surface area contributed by atoms with Crippen molar-refractivity contribution in [3.63, 3.8) is 0 Å². The number of hydrogen-bond donors (Lipinski definition) is 2. The molecular weight excluding hydrogens is 260 g/mol. The molecule has 2 atom stereocenters. The number of halogens is 1. The summed E-state index contributed by atoms with van der Waals surface area (Å²) < 4.78 is 0. The van der Waals surface area contributed by atoms with Gasteiger partial charge in [-0.3, -0.25) is 4.79 Å². The maximum atomic E-state index is 11.7. The monoisotopic (exact) mass is 284 g/mol. The number of nitrogens with one attached hydrogen (secondary N) is 1. The fourth-order valence-corrected chi connectivity index (χ4v) is 1.67. The number of hydrogen-bond acceptors (Lipinski definition) is 2. The second kappa shape index (κ2) is 8.94. The van der Waals surface area contributed by atoms with Gasteiger partial charge in [-0.15, -0.1) is 12.4 Å². The van der Waals surface area contributed by atoms with Crippen LogP contribution in [0.2, 0.25) is 0 Å². The Bertz CT molecular complexity index is 376. The van der Waals surface area contributed by atoms with E-state index < -0.39 is 0 Å². The zero-order chi connectivity index (χ0) is 13.5. The summed E-state index contributed by atoms with van der Waals surface area (Å²) in [7, 11) is 0. The summed E-state index contributed by atoms with van der Waals surface area (Å²) in [6.45, 7) is 6.52. The van der Waals surface area contributed by atoms with Gasteiger partial charge >= 0.3 is 0 Å². The Morgan fingerprint density at radius 2 is 1.74 bits per heavy atom. The van der Waals surface area contributed by atoms with E-state index >= 15 is 0 Å². The number of amides is 1. The van der Waals surface area contributed by atoms with Gasteiger partial charge < -0.3 is 11.1 Å². The van der Waals surface area contributed by atoms with Crippen LogP contribution in [0.1, 0.15) is 31.9 Å². The second-order valence-corrected chi connectivity index (χ2v) is 4.86. The first-order valence-electron chi connectivity index (χ1n) is 6.65. The van der Waals surface area contributed by atoms with Crippen LogP contribution < -0.4 is 11.1 Å². The van der Waals surface area contributed by atoms with E-state index in [1.54, 1.807) is 0 Å². The van der Waals surface area contributed by atoms with Crippen LogP contribution >= 0.6 is 12.4 Å². The Labute approximate surface area is 122 Å². The summed E-state index contributed by atoms with van der Waals surface area (Å²) in [5.41, 5.74) is 8.28. The van der Waals surface area contributed by atoms with Gasteiger partial charge in [-0.25, -0.2) is 0 Å². The van der Waals surface area contributed by atoms with Crippen molar-refractivity contribution in [2.24, 2.45) is 11.7 Å². The van der Waals surface area contributed by atoms with Crippen LogP contribution in [0.15, 0.2) is 24.3 Å². The van der Waals surface area contributed by atoms with Crippen molar-refractivity contribution in [2.75, 3.05) is 6.54 Å². The summed E-state index contributed by atoms with van der Waals surface area (Å²) >= 11 is 0. The molecule has 1 rings (SSSR count). The zero-order valence-electron chi connectivity index (χ0n) is 12.0. The molecule has 0 saturated heterocycles. The molecule has 0 aliphatic rings. The molecule has 19 heavy (non-hydrogen) atoms. The van der Waals surface area contributed by atoms with E-state index in [2.05, 4.69) is 36.5 Å². The predicted molar refractivity (Wildman–Crippen MR) is 82.6 cm³/mol. The van der Waals surface area contributed by atoms with Crippen molar-refractivity contribution in [1.29, 1.82) is 0 Å². The van der Waals surface area contributed by atoms with E-state index in [-0.39, 0.29) is 30.3 Å². The third kappa shape index (κ3) is 6.08. The summed E-state index contributed by atoms with van der Waals surface area (Å²) in [4.78, 5) is 11.7. The number of carbonyl (C=O) groups is 1. The summed E-state index contributed by atoms with van der Waals surface area (Å²) in [6.07, 6.45) is 1.92. The second-order valence-electron chi connectivity index (χ2n) is 4.86. The Kier molecular flexibility index (Phi) is 8.44. The van der Waals surface area contributed by atoms with Gasteiger partial charge in [-0.2, -0.15) is 0 Å². The van der Waals surface area contributed by atoms with Gasteiger partial charge in [0.15, 0.2) is 0 Å². The summed E-state index contributed by atoms with van der Waals surface area (Å²) in [6, 6.07) is 8.43. The molecule has 1 aromatic carbocycles. The molecule has 108 valence electrons. The lowest BCUT2D eigenvalue weighted by Crippen LogP contribution is -2.39. The largest absolute Gasteiger partial charge is 0.355 e. The molecule has 3 nitrogen and oxygen atoms in total. The van der Waals surface area contributed by atoms with Crippen molar-refractivity contribution in [2.45, 2.75) is 39.7 Å². The molecule has 0 fully saturated rings. The van der Waals surface area contributed by atoms with Crippen molar-refractivity contribution in [3.05, 3.63) is 35.4 Å². The molecule has 0 spiro atoms. The predicted octanol–water partition coefficient (Wildman–Crippen LogP) is 2.31. The smallest absolute Gasteiger partial charge is 0.224 e. The molecule has 1 amide bonds. The molecule has 0 bridgehead atoms. The van der Waals surface area contributed by atoms with Gasteiger partial charge in [-0.1, -0.05) is 38.1 Å². The standard InChI is InChI=1S/C15H24N2O.ClH/c1-4-13-5-7-14(8-6-13)9-10-17-15(18)11(2)12(3)16;/h5-8,11-12H,4,9-10,16H2,1-3H3,(H,17,18);1H. The molecule has 3 N–H and O–H groups in total. The molecule has 4 heteroatoms. The molecular formula is C15H25ClN2O. The number of aryl methyl sites for hydroxylation is 1. The van der Waals surface area contributed by atoms with Crippen LogP contribution in [0.4, 0.5) is 0 Å². The maximum Gasteiger partial charge on any atom is 0.224 e. The molecule has 0 aromatic heterocycles. The van der Waals surface area contributed by atoms with Gasteiger partial charge in [0.1, 0.15) is 0 Å². The average molecular weight is 285 g/mol. The van der Waals surface area contributed by atoms with E-state index in [9.17, 15) is 4.79 Å².